The molecule has 1 N–H and O–H groups in total. The van der Waals surface area contributed by atoms with E-state index in [2.05, 4.69) is 28.2 Å². The second-order valence-electron chi connectivity index (χ2n) is 6.89. The Morgan fingerprint density at radius 3 is 2.63 bits per heavy atom. The fourth-order valence-corrected chi connectivity index (χ4v) is 4.08. The Morgan fingerprint density at radius 1 is 1.33 bits per heavy atom. The number of nitrogens with zero attached hydrogens (tertiary/aromatic N) is 2. The van der Waals surface area contributed by atoms with Crippen LogP contribution in [0.2, 0.25) is 0 Å². The summed E-state index contributed by atoms with van der Waals surface area (Å²) in [5.41, 5.74) is -0.877. The molecular formula is C19H22F3N3OS. The van der Waals surface area contributed by atoms with Gasteiger partial charge in [0.25, 0.3) is 5.91 Å². The van der Waals surface area contributed by atoms with Gasteiger partial charge in [0, 0.05) is 17.6 Å². The van der Waals surface area contributed by atoms with Crippen molar-refractivity contribution in [2.45, 2.75) is 32.0 Å². The molecule has 1 unspecified atom stereocenters. The highest BCUT2D eigenvalue weighted by atomic mass is 32.1. The van der Waals surface area contributed by atoms with E-state index in [4.69, 9.17) is 0 Å². The van der Waals surface area contributed by atoms with E-state index in [1.165, 1.54) is 4.88 Å². The van der Waals surface area contributed by atoms with Crippen molar-refractivity contribution in [2.24, 2.45) is 5.92 Å². The summed E-state index contributed by atoms with van der Waals surface area (Å²) >= 11 is 1.65. The molecule has 3 heterocycles. The number of carbonyl (C=O) groups excluding carboxylic acids is 1. The van der Waals surface area contributed by atoms with Crippen LogP contribution in [0.15, 0.2) is 35.8 Å². The number of aromatic nitrogens is 1. The molecule has 2 aromatic heterocycles. The summed E-state index contributed by atoms with van der Waals surface area (Å²) in [7, 11) is 0. The lowest BCUT2D eigenvalue weighted by atomic mass is 9.97. The number of alkyl halides is 3. The van der Waals surface area contributed by atoms with Crippen LogP contribution in [0.25, 0.3) is 0 Å². The standard InChI is InChI=1S/C19H22F3N3OS/c1-13-6-8-25(9-7-13)15(16-3-2-10-27-16)12-24-18(26)14-4-5-17(23-11-14)19(20,21)22/h2-5,10-11,13,15H,6-9,12H2,1H3,(H,24,26). The Hall–Kier alpha value is -1.93. The van der Waals surface area contributed by atoms with Gasteiger partial charge in [-0.25, -0.2) is 0 Å². The van der Waals surface area contributed by atoms with Gasteiger partial charge in [-0.05, 0) is 55.4 Å². The van der Waals surface area contributed by atoms with Gasteiger partial charge in [0.15, 0.2) is 0 Å². The molecule has 1 atom stereocenters. The molecule has 1 amide bonds. The molecule has 27 heavy (non-hydrogen) atoms. The first-order valence-corrected chi connectivity index (χ1v) is 9.81. The Bertz CT molecular complexity index is 739. The van der Waals surface area contributed by atoms with E-state index < -0.39 is 17.8 Å². The van der Waals surface area contributed by atoms with Crippen LogP contribution in [0.4, 0.5) is 13.2 Å². The summed E-state index contributed by atoms with van der Waals surface area (Å²) in [6.07, 6.45) is -1.29. The zero-order valence-corrected chi connectivity index (χ0v) is 15.8. The topological polar surface area (TPSA) is 45.2 Å². The number of nitrogens with one attached hydrogen (secondary N) is 1. The van der Waals surface area contributed by atoms with Crippen molar-refractivity contribution in [1.82, 2.24) is 15.2 Å². The number of pyridine rings is 1. The average Bonchev–Trinajstić information content (AvgIpc) is 3.17. The normalized spacial score (nSPS) is 17.6. The number of halogens is 3. The number of piperidine rings is 1. The third kappa shape index (κ3) is 5.07. The summed E-state index contributed by atoms with van der Waals surface area (Å²) < 4.78 is 37.8. The van der Waals surface area contributed by atoms with Crippen molar-refractivity contribution >= 4 is 17.2 Å². The predicted molar refractivity (Wildman–Crippen MR) is 98.6 cm³/mol. The molecule has 3 rings (SSSR count). The fourth-order valence-electron chi connectivity index (χ4n) is 3.22. The summed E-state index contributed by atoms with van der Waals surface area (Å²) in [6.45, 7) is 4.61. The largest absolute Gasteiger partial charge is 0.433 e. The Morgan fingerprint density at radius 2 is 2.07 bits per heavy atom. The minimum atomic E-state index is -4.51. The lowest BCUT2D eigenvalue weighted by Gasteiger charge is -2.36. The first kappa shape index (κ1) is 19.8. The Kier molecular flexibility index (Phi) is 6.16. The number of hydrogen-bond donors (Lipinski definition) is 1. The van der Waals surface area contributed by atoms with Gasteiger partial charge >= 0.3 is 6.18 Å². The van der Waals surface area contributed by atoms with E-state index in [9.17, 15) is 18.0 Å². The maximum Gasteiger partial charge on any atom is 0.433 e. The van der Waals surface area contributed by atoms with Crippen molar-refractivity contribution in [2.75, 3.05) is 19.6 Å². The highest BCUT2D eigenvalue weighted by Crippen LogP contribution is 2.29. The minimum Gasteiger partial charge on any atom is -0.350 e. The molecule has 0 spiro atoms. The number of likely N-dealkylation sites (tertiary alicyclic amines) is 1. The van der Waals surface area contributed by atoms with Crippen molar-refractivity contribution in [3.63, 3.8) is 0 Å². The number of rotatable bonds is 5. The van der Waals surface area contributed by atoms with Gasteiger partial charge in [0.2, 0.25) is 0 Å². The third-order valence-electron chi connectivity index (χ3n) is 4.90. The van der Waals surface area contributed by atoms with Crippen LogP contribution >= 0.6 is 11.3 Å². The summed E-state index contributed by atoms with van der Waals surface area (Å²) in [4.78, 5) is 19.3. The average molecular weight is 397 g/mol. The van der Waals surface area contributed by atoms with Crippen LogP contribution in [0.3, 0.4) is 0 Å². The van der Waals surface area contributed by atoms with Crippen molar-refractivity contribution < 1.29 is 18.0 Å². The maximum absolute atomic E-state index is 12.6. The molecule has 1 saturated heterocycles. The molecule has 0 bridgehead atoms. The molecule has 8 heteroatoms. The first-order valence-electron chi connectivity index (χ1n) is 8.93. The first-order chi connectivity index (χ1) is 12.8. The van der Waals surface area contributed by atoms with Gasteiger partial charge in [-0.1, -0.05) is 13.0 Å². The van der Waals surface area contributed by atoms with Gasteiger partial charge in [0.05, 0.1) is 11.6 Å². The van der Waals surface area contributed by atoms with Crippen LogP contribution in [0.5, 0.6) is 0 Å². The molecule has 0 saturated carbocycles. The molecule has 1 fully saturated rings. The number of thiophene rings is 1. The SMILES string of the molecule is CC1CCN(C(CNC(=O)c2ccc(C(F)(F)F)nc2)c2cccs2)CC1. The van der Waals surface area contributed by atoms with Crippen LogP contribution in [-0.4, -0.2) is 35.4 Å². The van der Waals surface area contributed by atoms with Gasteiger partial charge in [-0.2, -0.15) is 13.2 Å². The van der Waals surface area contributed by atoms with Gasteiger partial charge in [-0.3, -0.25) is 14.7 Å². The molecule has 146 valence electrons. The van der Waals surface area contributed by atoms with Crippen LogP contribution in [0.1, 0.15) is 46.7 Å². The fraction of sp³-hybridized carbons (Fsp3) is 0.474. The van der Waals surface area contributed by atoms with E-state index in [-0.39, 0.29) is 11.6 Å². The van der Waals surface area contributed by atoms with Crippen molar-refractivity contribution in [3.8, 4) is 0 Å². The zero-order chi connectivity index (χ0) is 19.4. The van der Waals surface area contributed by atoms with Gasteiger partial charge < -0.3 is 5.32 Å². The molecular weight excluding hydrogens is 375 g/mol. The maximum atomic E-state index is 12.6. The molecule has 2 aromatic rings. The van der Waals surface area contributed by atoms with E-state index in [0.717, 1.165) is 44.3 Å². The number of carbonyl (C=O) groups is 1. The van der Waals surface area contributed by atoms with E-state index in [1.807, 2.05) is 11.4 Å². The van der Waals surface area contributed by atoms with E-state index >= 15 is 0 Å². The van der Waals surface area contributed by atoms with Gasteiger partial charge in [0.1, 0.15) is 5.69 Å². The zero-order valence-electron chi connectivity index (χ0n) is 15.0. The molecule has 1 aliphatic heterocycles. The summed E-state index contributed by atoms with van der Waals surface area (Å²) in [5, 5.41) is 4.87. The van der Waals surface area contributed by atoms with Crippen molar-refractivity contribution in [3.05, 3.63) is 52.0 Å². The predicted octanol–water partition coefficient (Wildman–Crippen LogP) is 4.36. The lowest BCUT2D eigenvalue weighted by molar-refractivity contribution is -0.141. The molecule has 4 nitrogen and oxygen atoms in total. The van der Waals surface area contributed by atoms with Crippen LogP contribution in [-0.2, 0) is 6.18 Å². The number of hydrogen-bond acceptors (Lipinski definition) is 4. The number of amides is 1. The summed E-state index contributed by atoms with van der Waals surface area (Å²) in [5.74, 6) is 0.293. The van der Waals surface area contributed by atoms with Crippen LogP contribution in [0, 0.1) is 5.92 Å². The smallest absolute Gasteiger partial charge is 0.350 e. The second kappa shape index (κ2) is 8.39. The second-order valence-corrected chi connectivity index (χ2v) is 7.87. The van der Waals surface area contributed by atoms with Crippen molar-refractivity contribution in [1.29, 1.82) is 0 Å². The quantitative estimate of drug-likeness (QED) is 0.815. The van der Waals surface area contributed by atoms with Crippen LogP contribution < -0.4 is 5.32 Å². The molecule has 0 aliphatic carbocycles. The monoisotopic (exact) mass is 397 g/mol. The third-order valence-corrected chi connectivity index (χ3v) is 5.88. The Labute approximate surface area is 160 Å². The summed E-state index contributed by atoms with van der Waals surface area (Å²) in [6, 6.07) is 6.11. The highest BCUT2D eigenvalue weighted by Gasteiger charge is 2.32. The van der Waals surface area contributed by atoms with E-state index in [1.54, 1.807) is 11.3 Å². The Balaban J connectivity index is 1.65. The van der Waals surface area contributed by atoms with E-state index in [0.29, 0.717) is 12.5 Å². The highest BCUT2D eigenvalue weighted by molar-refractivity contribution is 7.10. The molecule has 0 aromatic carbocycles. The molecule has 1 aliphatic rings. The van der Waals surface area contributed by atoms with Gasteiger partial charge in [-0.15, -0.1) is 11.3 Å². The minimum absolute atomic E-state index is 0.0730. The lowest BCUT2D eigenvalue weighted by Crippen LogP contribution is -2.41. The molecule has 0 radical (unpaired) electrons.